The molecule has 1 aliphatic rings. The minimum Gasteiger partial charge on any atom is -0.422 e. The maximum absolute atomic E-state index is 12.6. The van der Waals surface area contributed by atoms with Gasteiger partial charge in [0.05, 0.1) is 20.7 Å². The molecule has 9 heteroatoms. The zero-order chi connectivity index (χ0) is 20.3. The number of hydrogen-bond donors (Lipinski definition) is 1. The summed E-state index contributed by atoms with van der Waals surface area (Å²) in [4.78, 5) is 19.1. The van der Waals surface area contributed by atoms with E-state index in [1.807, 2.05) is 18.2 Å². The molecule has 0 aliphatic carbocycles. The predicted octanol–water partition coefficient (Wildman–Crippen LogP) is 3.77. The molecule has 0 spiro atoms. The summed E-state index contributed by atoms with van der Waals surface area (Å²) in [6.45, 7) is 4.18. The maximum Gasteiger partial charge on any atom is 0.346 e. The molecule has 29 heavy (non-hydrogen) atoms. The van der Waals surface area contributed by atoms with Crippen molar-refractivity contribution in [2.45, 2.75) is 11.8 Å². The van der Waals surface area contributed by atoms with Gasteiger partial charge in [-0.05, 0) is 42.3 Å². The van der Waals surface area contributed by atoms with Gasteiger partial charge in [0.15, 0.2) is 0 Å². The molecule has 1 N–H and O–H groups in total. The van der Waals surface area contributed by atoms with Crippen LogP contribution in [0.15, 0.2) is 56.6 Å². The van der Waals surface area contributed by atoms with E-state index >= 15 is 0 Å². The van der Waals surface area contributed by atoms with Crippen molar-refractivity contribution in [3.63, 3.8) is 0 Å². The first-order chi connectivity index (χ1) is 13.8. The third-order valence-electron chi connectivity index (χ3n) is 5.04. The Morgan fingerprint density at radius 2 is 1.97 bits per heavy atom. The van der Waals surface area contributed by atoms with Gasteiger partial charge in [-0.2, -0.15) is 8.42 Å². The zero-order valence-corrected chi connectivity index (χ0v) is 17.0. The first-order valence-electron chi connectivity index (χ1n) is 8.99. The Hall–Kier alpha value is -2.75. The molecule has 0 unspecified atom stereocenters. The van der Waals surface area contributed by atoms with Crippen LogP contribution in [-0.4, -0.2) is 31.0 Å². The lowest BCUT2D eigenvalue weighted by Gasteiger charge is -2.39. The summed E-state index contributed by atoms with van der Waals surface area (Å²) >= 11 is 1.17. The number of aromatic nitrogens is 1. The van der Waals surface area contributed by atoms with Gasteiger partial charge in [0.2, 0.25) is 0 Å². The molecular formula is C20H16N2O5S2. The fourth-order valence-electron chi connectivity index (χ4n) is 3.54. The summed E-state index contributed by atoms with van der Waals surface area (Å²) < 4.78 is 38.0. The molecule has 0 amide bonds. The van der Waals surface area contributed by atoms with E-state index in [-0.39, 0.29) is 4.90 Å². The summed E-state index contributed by atoms with van der Waals surface area (Å²) in [5, 5.41) is 1.22. The van der Waals surface area contributed by atoms with E-state index in [1.165, 1.54) is 29.5 Å². The Morgan fingerprint density at radius 3 is 2.69 bits per heavy atom. The molecule has 148 valence electrons. The van der Waals surface area contributed by atoms with Crippen LogP contribution in [0.3, 0.4) is 0 Å². The van der Waals surface area contributed by atoms with E-state index in [0.29, 0.717) is 32.3 Å². The third kappa shape index (κ3) is 3.21. The fraction of sp³-hybridized carbons (Fsp3) is 0.200. The minimum absolute atomic E-state index is 0.210. The predicted molar refractivity (Wildman–Crippen MR) is 112 cm³/mol. The van der Waals surface area contributed by atoms with Crippen molar-refractivity contribution in [3.05, 3.63) is 52.9 Å². The van der Waals surface area contributed by atoms with Crippen LogP contribution >= 0.6 is 11.3 Å². The SMILES string of the molecule is CC1CN(c2ccc3cc(-c4nc5ccc(S(=O)(=O)O)cc5s4)c(=O)oc3c2)C1. The monoisotopic (exact) mass is 428 g/mol. The second-order valence-corrected chi connectivity index (χ2v) is 9.76. The van der Waals surface area contributed by atoms with E-state index in [1.54, 1.807) is 6.07 Å². The number of benzene rings is 2. The van der Waals surface area contributed by atoms with Crippen LogP contribution in [0.4, 0.5) is 5.69 Å². The van der Waals surface area contributed by atoms with E-state index < -0.39 is 15.7 Å². The number of thiazole rings is 1. The van der Waals surface area contributed by atoms with Crippen molar-refractivity contribution >= 4 is 48.3 Å². The summed E-state index contributed by atoms with van der Waals surface area (Å²) in [6.07, 6.45) is 0. The van der Waals surface area contributed by atoms with Crippen molar-refractivity contribution < 1.29 is 17.4 Å². The second kappa shape index (κ2) is 6.38. The molecule has 1 fully saturated rings. The Kier molecular flexibility index (Phi) is 4.02. The van der Waals surface area contributed by atoms with Gasteiger partial charge in [-0.1, -0.05) is 6.92 Å². The van der Waals surface area contributed by atoms with Crippen molar-refractivity contribution in [2.24, 2.45) is 5.92 Å². The maximum atomic E-state index is 12.6. The second-order valence-electron chi connectivity index (χ2n) is 7.30. The average Bonchev–Trinajstić information content (AvgIpc) is 3.06. The normalized spacial score (nSPS) is 15.2. The molecule has 0 saturated carbocycles. The van der Waals surface area contributed by atoms with Crippen LogP contribution in [0.25, 0.3) is 31.8 Å². The number of anilines is 1. The van der Waals surface area contributed by atoms with Crippen molar-refractivity contribution in [1.29, 1.82) is 0 Å². The lowest BCUT2D eigenvalue weighted by molar-refractivity contribution is 0.447. The van der Waals surface area contributed by atoms with Gasteiger partial charge in [-0.3, -0.25) is 4.55 Å². The Balaban J connectivity index is 1.58. The van der Waals surface area contributed by atoms with Gasteiger partial charge in [-0.25, -0.2) is 9.78 Å². The molecule has 2 aromatic heterocycles. The average molecular weight is 428 g/mol. The number of hydrogen-bond acceptors (Lipinski definition) is 7. The highest BCUT2D eigenvalue weighted by molar-refractivity contribution is 7.85. The quantitative estimate of drug-likeness (QED) is 0.391. The summed E-state index contributed by atoms with van der Waals surface area (Å²) in [5.41, 5.74) is 1.91. The molecule has 0 bridgehead atoms. The van der Waals surface area contributed by atoms with Gasteiger partial charge < -0.3 is 9.32 Å². The van der Waals surface area contributed by atoms with Crippen LogP contribution < -0.4 is 10.5 Å². The lowest BCUT2D eigenvalue weighted by atomic mass is 10.0. The van der Waals surface area contributed by atoms with Crippen LogP contribution in [0, 0.1) is 5.92 Å². The topological polar surface area (TPSA) is 101 Å². The summed E-state index contributed by atoms with van der Waals surface area (Å²) in [7, 11) is -4.30. The molecule has 2 aromatic carbocycles. The lowest BCUT2D eigenvalue weighted by Crippen LogP contribution is -2.45. The van der Waals surface area contributed by atoms with Crippen LogP contribution in [0.2, 0.25) is 0 Å². The number of nitrogens with zero attached hydrogens (tertiary/aromatic N) is 2. The fourth-order valence-corrected chi connectivity index (χ4v) is 5.13. The molecule has 0 atom stereocenters. The van der Waals surface area contributed by atoms with Crippen molar-refractivity contribution in [1.82, 2.24) is 4.98 Å². The van der Waals surface area contributed by atoms with E-state index in [9.17, 15) is 17.8 Å². The standard InChI is InChI=1S/C20H16N2O5S2/c1-11-9-22(10-11)13-3-2-12-6-15(20(23)27-17(12)7-13)19-21-16-5-4-14(29(24,25)26)8-18(16)28-19/h2-8,11H,9-10H2,1H3,(H,24,25,26). The largest absolute Gasteiger partial charge is 0.422 e. The van der Waals surface area contributed by atoms with Crippen molar-refractivity contribution in [3.8, 4) is 10.6 Å². The van der Waals surface area contributed by atoms with E-state index in [4.69, 9.17) is 4.42 Å². The van der Waals surface area contributed by atoms with Gasteiger partial charge >= 0.3 is 5.63 Å². The molecular weight excluding hydrogens is 412 g/mol. The molecule has 0 radical (unpaired) electrons. The molecule has 3 heterocycles. The molecule has 1 saturated heterocycles. The number of fused-ring (bicyclic) bond motifs is 2. The highest BCUT2D eigenvalue weighted by atomic mass is 32.2. The Bertz CT molecular complexity index is 1430. The molecule has 7 nitrogen and oxygen atoms in total. The third-order valence-corrected chi connectivity index (χ3v) is 6.94. The summed E-state index contributed by atoms with van der Waals surface area (Å²) in [5.74, 6) is 0.667. The minimum atomic E-state index is -4.30. The smallest absolute Gasteiger partial charge is 0.346 e. The summed E-state index contributed by atoms with van der Waals surface area (Å²) in [6, 6.07) is 11.7. The first kappa shape index (κ1) is 18.3. The van der Waals surface area contributed by atoms with Gasteiger partial charge in [0, 0.05) is 30.2 Å². The first-order valence-corrected chi connectivity index (χ1v) is 11.2. The highest BCUT2D eigenvalue weighted by Crippen LogP contribution is 2.33. The molecule has 5 rings (SSSR count). The Morgan fingerprint density at radius 1 is 1.17 bits per heavy atom. The zero-order valence-electron chi connectivity index (χ0n) is 15.3. The van der Waals surface area contributed by atoms with E-state index in [2.05, 4.69) is 16.8 Å². The van der Waals surface area contributed by atoms with Gasteiger partial charge in [-0.15, -0.1) is 11.3 Å². The van der Waals surface area contributed by atoms with Crippen LogP contribution in [0.1, 0.15) is 6.92 Å². The van der Waals surface area contributed by atoms with Crippen molar-refractivity contribution in [2.75, 3.05) is 18.0 Å². The van der Waals surface area contributed by atoms with Crippen LogP contribution in [0.5, 0.6) is 0 Å². The van der Waals surface area contributed by atoms with E-state index in [0.717, 1.165) is 24.2 Å². The van der Waals surface area contributed by atoms with Gasteiger partial charge in [0.25, 0.3) is 10.1 Å². The molecule has 1 aliphatic heterocycles. The number of rotatable bonds is 3. The Labute approximate surface area is 170 Å². The van der Waals surface area contributed by atoms with Gasteiger partial charge in [0.1, 0.15) is 10.6 Å². The molecule has 4 aromatic rings. The van der Waals surface area contributed by atoms with Crippen LogP contribution in [-0.2, 0) is 10.1 Å². The highest BCUT2D eigenvalue weighted by Gasteiger charge is 2.23.